The number of carbonyl (C=O) groups is 11. The second-order valence-electron chi connectivity index (χ2n) is 26.6. The van der Waals surface area contributed by atoms with E-state index >= 15 is 9.59 Å². The number of benzene rings is 2. The van der Waals surface area contributed by atoms with Gasteiger partial charge in [-0.3, -0.25) is 52.7 Å². The average Bonchev–Trinajstić information content (AvgIpc) is 1.74. The lowest BCUT2D eigenvalue weighted by Crippen LogP contribution is -2.64. The van der Waals surface area contributed by atoms with Crippen LogP contribution in [0.15, 0.2) is 42.5 Å². The normalized spacial score (nSPS) is 24.7. The molecule has 11 amide bonds. The van der Waals surface area contributed by atoms with Crippen molar-refractivity contribution < 1.29 is 79.1 Å². The van der Waals surface area contributed by atoms with E-state index in [2.05, 4.69) is 16.0 Å². The number of hydrogen-bond acceptors (Lipinski definition) is 11. The molecule has 0 aromatic heterocycles. The molecule has 1 spiro atoms. The number of nitrogens with zero attached hydrogens (tertiary/aromatic N) is 8. The van der Waals surface area contributed by atoms with Gasteiger partial charge in [-0.25, -0.2) is 0 Å². The monoisotopic (exact) mass is 1370 g/mol. The Kier molecular flexibility index (Phi) is 27.1. The average molecular weight is 1370 g/mol. The number of amides is 11. The van der Waals surface area contributed by atoms with Crippen molar-refractivity contribution in [1.29, 1.82) is 0 Å². The highest BCUT2D eigenvalue weighted by Gasteiger charge is 2.50. The van der Waals surface area contributed by atoms with Gasteiger partial charge in [-0.1, -0.05) is 96.7 Å². The van der Waals surface area contributed by atoms with Gasteiger partial charge in [0.05, 0.1) is 35.8 Å². The standard InChI is InChI=1S/C66H94ClF6N11O11/c1-15-40(6)55-61(93)79(10)36-53(87)77(8)37-54(88)82(13)50(34-43-21-16-17-22-44(43)65(68,69)70)60(92)78(9)35-51(85)74-47(27-25-42-24-26-45(46(67)33-42)66(71,72)73)59(91)84-30-20-23-48(84)58(90)76-64(28-18-19-29-64)63(95)83(14)56(39(4)5)62(94)80(11)41(7)32-52(86)81(12)49(31-38(2)3)57(89)75-55/h16-17,21-22,24,26,33,38-41,47-50,55-56H,15,18-20,23,25,27-32,34-37H2,1-14H3,(H,74,85)(H,75,89)(H,76,90)/t40-,41+,47-,48?,49-,50-,55-,56-/m0/s1. The Hall–Kier alpha value is -7.52. The summed E-state index contributed by atoms with van der Waals surface area (Å²) in [5.41, 5.74) is -4.04. The van der Waals surface area contributed by atoms with Crippen molar-refractivity contribution in [3.8, 4) is 0 Å². The van der Waals surface area contributed by atoms with Crippen molar-refractivity contribution in [1.82, 2.24) is 55.1 Å². The van der Waals surface area contributed by atoms with Crippen LogP contribution in [0.1, 0.15) is 135 Å². The van der Waals surface area contributed by atoms with Crippen LogP contribution in [-0.4, -0.2) is 228 Å². The quantitative estimate of drug-likeness (QED) is 0.240. The molecule has 1 aliphatic carbocycles. The van der Waals surface area contributed by atoms with Crippen LogP contribution in [0.25, 0.3) is 0 Å². The Balaban J connectivity index is 1.60. The molecule has 2 aromatic carbocycles. The fourth-order valence-electron chi connectivity index (χ4n) is 12.6. The fourth-order valence-corrected chi connectivity index (χ4v) is 12.9. The zero-order valence-electron chi connectivity index (χ0n) is 56.8. The number of aryl methyl sites for hydroxylation is 1. The zero-order chi connectivity index (χ0) is 71.5. The SMILES string of the molecule is CC[C@H](C)[C@@H]1NC(=O)[C@H](CC(C)C)N(C)C(=O)C[C@@H](C)N(C)C(=O)[C@H](C(C)C)N(C)C(=O)C2(CCCC2)NC(=O)C2CCCN2C(=O)[C@H](CCc2ccc(C(F)(F)F)c(Cl)c2)NC(=O)CN(C)C(=O)[C@H](Cc2ccccc2C(F)(F)F)N(C)C(=O)CN(C)C(=O)CN(C)C1=O. The molecule has 3 aliphatic rings. The maximum absolute atomic E-state index is 15.1. The molecule has 0 radical (unpaired) electrons. The number of alkyl halides is 6. The van der Waals surface area contributed by atoms with Crippen LogP contribution in [0.2, 0.25) is 5.02 Å². The second-order valence-corrected chi connectivity index (χ2v) is 27.0. The van der Waals surface area contributed by atoms with Crippen molar-refractivity contribution in [3.05, 3.63) is 69.7 Å². The lowest BCUT2D eigenvalue weighted by Gasteiger charge is -2.41. The van der Waals surface area contributed by atoms with E-state index in [1.807, 2.05) is 13.8 Å². The molecule has 2 heterocycles. The van der Waals surface area contributed by atoms with E-state index in [4.69, 9.17) is 11.6 Å². The van der Waals surface area contributed by atoms with E-state index in [-0.39, 0.29) is 69.4 Å². The van der Waals surface area contributed by atoms with Gasteiger partial charge in [0.25, 0.3) is 0 Å². The fraction of sp³-hybridized carbons (Fsp3) is 0.652. The highest BCUT2D eigenvalue weighted by atomic mass is 35.5. The summed E-state index contributed by atoms with van der Waals surface area (Å²) in [6.07, 6.45) is -9.14. The van der Waals surface area contributed by atoms with E-state index in [1.165, 1.54) is 60.9 Å². The number of nitrogens with one attached hydrogen (secondary N) is 3. The third kappa shape index (κ3) is 19.6. The van der Waals surface area contributed by atoms with E-state index < -0.39 is 185 Å². The summed E-state index contributed by atoms with van der Waals surface area (Å²) in [7, 11) is 9.13. The van der Waals surface area contributed by atoms with Crippen LogP contribution in [0.4, 0.5) is 26.3 Å². The number of likely N-dealkylation sites (N-methyl/N-ethyl adjacent to an activating group) is 7. The minimum Gasteiger partial charge on any atom is -0.343 e. The van der Waals surface area contributed by atoms with Gasteiger partial charge in [0.2, 0.25) is 65.0 Å². The summed E-state index contributed by atoms with van der Waals surface area (Å²) in [4.78, 5) is 169. The predicted molar refractivity (Wildman–Crippen MR) is 341 cm³/mol. The summed E-state index contributed by atoms with van der Waals surface area (Å²) in [6, 6.07) is -1.66. The molecule has 1 unspecified atom stereocenters. The third-order valence-corrected chi connectivity index (χ3v) is 19.0. The first-order valence-corrected chi connectivity index (χ1v) is 32.6. The Morgan fingerprint density at radius 2 is 1.22 bits per heavy atom. The minimum absolute atomic E-state index is 0.0390. The molecule has 8 atom stereocenters. The van der Waals surface area contributed by atoms with Crippen LogP contribution in [0, 0.1) is 17.8 Å². The summed E-state index contributed by atoms with van der Waals surface area (Å²) < 4.78 is 85.1. The van der Waals surface area contributed by atoms with Crippen LogP contribution in [0.3, 0.4) is 0 Å². The zero-order valence-corrected chi connectivity index (χ0v) is 57.6. The number of halogens is 7. The Labute approximate surface area is 557 Å². The van der Waals surface area contributed by atoms with Gasteiger partial charge < -0.3 is 55.1 Å². The second kappa shape index (κ2) is 33.0. The third-order valence-electron chi connectivity index (χ3n) is 18.7. The van der Waals surface area contributed by atoms with E-state index in [9.17, 15) is 69.5 Å². The van der Waals surface area contributed by atoms with Gasteiger partial charge in [-0.05, 0) is 98.9 Å². The molecular weight excluding hydrogens is 1270 g/mol. The topological polar surface area (TPSA) is 250 Å². The Morgan fingerprint density at radius 1 is 0.632 bits per heavy atom. The lowest BCUT2D eigenvalue weighted by atomic mass is 9.91. The lowest BCUT2D eigenvalue weighted by molar-refractivity contribution is -0.152. The van der Waals surface area contributed by atoms with Crippen molar-refractivity contribution in [2.75, 3.05) is 75.5 Å². The molecule has 0 bridgehead atoms. The number of fused-ring (bicyclic) bond motifs is 1. The van der Waals surface area contributed by atoms with Crippen LogP contribution in [-0.2, 0) is 77.9 Å². The maximum Gasteiger partial charge on any atom is 0.417 e. The first kappa shape index (κ1) is 78.2. The molecule has 29 heteroatoms. The molecule has 2 aliphatic heterocycles. The molecule has 528 valence electrons. The highest BCUT2D eigenvalue weighted by Crippen LogP contribution is 2.37. The molecular formula is C66H94ClF6N11O11. The van der Waals surface area contributed by atoms with E-state index in [0.29, 0.717) is 19.3 Å². The first-order chi connectivity index (χ1) is 44.2. The van der Waals surface area contributed by atoms with Gasteiger partial charge >= 0.3 is 12.4 Å². The van der Waals surface area contributed by atoms with Gasteiger partial charge in [0.15, 0.2) is 0 Å². The summed E-state index contributed by atoms with van der Waals surface area (Å²) in [6.45, 7) is 9.92. The molecule has 3 N–H and O–H groups in total. The van der Waals surface area contributed by atoms with Crippen LogP contribution >= 0.6 is 11.6 Å². The van der Waals surface area contributed by atoms with Crippen LogP contribution < -0.4 is 16.0 Å². The van der Waals surface area contributed by atoms with Crippen molar-refractivity contribution >= 4 is 76.6 Å². The molecule has 3 fully saturated rings. The van der Waals surface area contributed by atoms with E-state index in [1.54, 1.807) is 34.6 Å². The smallest absolute Gasteiger partial charge is 0.343 e. The number of rotatable bonds is 10. The minimum atomic E-state index is -4.94. The molecule has 1 saturated carbocycles. The van der Waals surface area contributed by atoms with Gasteiger partial charge in [0.1, 0.15) is 41.8 Å². The van der Waals surface area contributed by atoms with Crippen molar-refractivity contribution in [2.24, 2.45) is 17.8 Å². The van der Waals surface area contributed by atoms with Crippen molar-refractivity contribution in [3.63, 3.8) is 0 Å². The first-order valence-electron chi connectivity index (χ1n) is 32.2. The van der Waals surface area contributed by atoms with Gasteiger partial charge in [-0.15, -0.1) is 0 Å². The van der Waals surface area contributed by atoms with Crippen molar-refractivity contribution in [2.45, 2.75) is 186 Å². The number of carbonyl (C=O) groups excluding carboxylic acids is 11. The summed E-state index contributed by atoms with van der Waals surface area (Å²) >= 11 is 6.08. The molecule has 2 saturated heterocycles. The molecule has 2 aromatic rings. The Morgan fingerprint density at radius 3 is 1.80 bits per heavy atom. The maximum atomic E-state index is 15.1. The molecule has 95 heavy (non-hydrogen) atoms. The highest BCUT2D eigenvalue weighted by molar-refractivity contribution is 6.31. The van der Waals surface area contributed by atoms with Crippen LogP contribution in [0.5, 0.6) is 0 Å². The molecule has 22 nitrogen and oxygen atoms in total. The summed E-state index contributed by atoms with van der Waals surface area (Å²) in [5.74, 6) is -9.66. The van der Waals surface area contributed by atoms with E-state index in [0.717, 1.165) is 70.1 Å². The van der Waals surface area contributed by atoms with Gasteiger partial charge in [0, 0.05) is 74.8 Å². The van der Waals surface area contributed by atoms with Gasteiger partial charge in [-0.2, -0.15) is 26.3 Å². The predicted octanol–water partition coefficient (Wildman–Crippen LogP) is 5.80. The Bertz CT molecular complexity index is 3150. The number of hydrogen-bond donors (Lipinski definition) is 3. The summed E-state index contributed by atoms with van der Waals surface area (Å²) in [5, 5.41) is 7.74. The largest absolute Gasteiger partial charge is 0.417 e. The molecule has 5 rings (SSSR count).